The van der Waals surface area contributed by atoms with Crippen molar-refractivity contribution in [3.8, 4) is 0 Å². The molecule has 0 spiro atoms. The van der Waals surface area contributed by atoms with Crippen LogP contribution in [0.1, 0.15) is 40.1 Å². The fourth-order valence-corrected chi connectivity index (χ4v) is 5.19. The van der Waals surface area contributed by atoms with Gasteiger partial charge in [0.05, 0.1) is 11.1 Å². The van der Waals surface area contributed by atoms with Crippen molar-refractivity contribution < 1.29 is 9.59 Å². The number of fused-ring (bicyclic) bond motifs is 1. The minimum atomic E-state index is -0.504. The lowest BCUT2D eigenvalue weighted by molar-refractivity contribution is 0.0911. The first-order valence-corrected chi connectivity index (χ1v) is 12.9. The van der Waals surface area contributed by atoms with Crippen molar-refractivity contribution in [2.24, 2.45) is 0 Å². The van der Waals surface area contributed by atoms with E-state index in [4.69, 9.17) is 0 Å². The number of aromatic nitrogens is 2. The van der Waals surface area contributed by atoms with Crippen LogP contribution in [0.5, 0.6) is 0 Å². The monoisotopic (exact) mass is 502 g/mol. The molecule has 0 bridgehead atoms. The normalized spacial score (nSPS) is 14.7. The molecule has 2 aromatic heterocycles. The number of piperazine rings is 1. The van der Waals surface area contributed by atoms with Gasteiger partial charge in [-0.05, 0) is 85.7 Å². The molecule has 3 N–H and O–H groups in total. The molecule has 3 heterocycles. The average molecular weight is 503 g/mol. The van der Waals surface area contributed by atoms with E-state index in [2.05, 4.69) is 37.7 Å². The fraction of sp³-hybridized carbons (Fsp3) is 0.296. The average Bonchev–Trinajstić information content (AvgIpc) is 3.55. The highest BCUT2D eigenvalue weighted by Gasteiger charge is 2.24. The van der Waals surface area contributed by atoms with E-state index in [1.54, 1.807) is 29.5 Å². The molecule has 0 saturated carbocycles. The fourth-order valence-electron chi connectivity index (χ4n) is 4.37. The van der Waals surface area contributed by atoms with Crippen molar-refractivity contribution in [1.29, 1.82) is 0 Å². The number of thiophene rings is 1. The van der Waals surface area contributed by atoms with Crippen LogP contribution in [0.4, 0.5) is 11.5 Å². The van der Waals surface area contributed by atoms with Crippen LogP contribution in [0, 0.1) is 0 Å². The van der Waals surface area contributed by atoms with E-state index in [0.29, 0.717) is 22.3 Å². The van der Waals surface area contributed by atoms with Gasteiger partial charge in [-0.1, -0.05) is 0 Å². The van der Waals surface area contributed by atoms with E-state index in [1.807, 2.05) is 54.9 Å². The second-order valence-electron chi connectivity index (χ2n) is 9.72. The summed E-state index contributed by atoms with van der Waals surface area (Å²) in [5, 5.41) is 17.9. The molecule has 1 aliphatic heterocycles. The number of nitrogens with zero attached hydrogens (tertiary/aromatic N) is 3. The molecule has 0 unspecified atom stereocenters. The van der Waals surface area contributed by atoms with Gasteiger partial charge in [0, 0.05) is 48.4 Å². The molecule has 36 heavy (non-hydrogen) atoms. The number of carbonyl (C=O) groups excluding carboxylic acids is 2. The molecule has 2 aromatic carbocycles. The van der Waals surface area contributed by atoms with Gasteiger partial charge in [-0.25, -0.2) is 0 Å². The second kappa shape index (κ2) is 9.75. The van der Waals surface area contributed by atoms with Gasteiger partial charge < -0.3 is 20.4 Å². The number of amides is 2. The summed E-state index contributed by atoms with van der Waals surface area (Å²) in [6.45, 7) is 7.96. The van der Waals surface area contributed by atoms with Gasteiger partial charge in [0.15, 0.2) is 5.82 Å². The maximum Gasteiger partial charge on any atom is 0.256 e. The smallest absolute Gasteiger partial charge is 0.256 e. The van der Waals surface area contributed by atoms with E-state index in [-0.39, 0.29) is 11.8 Å². The molecular weight excluding hydrogens is 472 g/mol. The highest BCUT2D eigenvalue weighted by Crippen LogP contribution is 2.26. The van der Waals surface area contributed by atoms with Gasteiger partial charge in [0.2, 0.25) is 0 Å². The first-order valence-electron chi connectivity index (χ1n) is 12.0. The minimum absolute atomic E-state index is 0.189. The van der Waals surface area contributed by atoms with Crippen LogP contribution in [0.3, 0.4) is 0 Å². The van der Waals surface area contributed by atoms with Gasteiger partial charge in [-0.3, -0.25) is 14.7 Å². The van der Waals surface area contributed by atoms with E-state index in [1.165, 1.54) is 0 Å². The molecule has 0 radical (unpaired) electrons. The van der Waals surface area contributed by atoms with Crippen LogP contribution in [-0.4, -0.2) is 60.1 Å². The zero-order valence-corrected chi connectivity index (χ0v) is 21.5. The van der Waals surface area contributed by atoms with E-state index >= 15 is 0 Å². The van der Waals surface area contributed by atoms with Crippen LogP contribution < -0.4 is 15.5 Å². The molecule has 4 aromatic rings. The van der Waals surface area contributed by atoms with Crippen LogP contribution in [-0.2, 0) is 5.54 Å². The maximum atomic E-state index is 13.0. The number of benzene rings is 2. The van der Waals surface area contributed by atoms with Crippen LogP contribution in [0.25, 0.3) is 10.9 Å². The molecule has 1 aliphatic rings. The van der Waals surface area contributed by atoms with Gasteiger partial charge in [-0.2, -0.15) is 16.4 Å². The SMILES string of the molecule is CN1CCN(c2ccc(C(=O)Nc3n[nH]c4ccc(C(=O)NC(C)(C)c5ccsc5)cc34)cc2)CC1. The van der Waals surface area contributed by atoms with Crippen molar-refractivity contribution >= 4 is 45.6 Å². The maximum absolute atomic E-state index is 13.0. The van der Waals surface area contributed by atoms with Crippen LogP contribution >= 0.6 is 11.3 Å². The lowest BCUT2D eigenvalue weighted by Crippen LogP contribution is -2.44. The van der Waals surface area contributed by atoms with Crippen molar-refractivity contribution in [2.45, 2.75) is 19.4 Å². The van der Waals surface area contributed by atoms with Crippen LogP contribution in [0.15, 0.2) is 59.3 Å². The number of aromatic amines is 1. The summed E-state index contributed by atoms with van der Waals surface area (Å²) in [6.07, 6.45) is 0. The standard InChI is InChI=1S/C27H30N6O2S/c1-27(2,20-10-15-36-17-20)29-26(35)19-6-9-23-22(16-19)24(31-30-23)28-25(34)18-4-7-21(8-5-18)33-13-11-32(3)12-14-33/h4-10,15-17H,11-14H2,1-3H3,(H,29,35)(H2,28,30,31,34). The molecule has 2 amide bonds. The Balaban J connectivity index is 1.30. The molecule has 0 aliphatic carbocycles. The third-order valence-corrected chi connectivity index (χ3v) is 7.41. The Bertz CT molecular complexity index is 1370. The predicted molar refractivity (Wildman–Crippen MR) is 145 cm³/mol. The summed E-state index contributed by atoms with van der Waals surface area (Å²) >= 11 is 1.60. The Hall–Kier alpha value is -3.69. The summed E-state index contributed by atoms with van der Waals surface area (Å²) < 4.78 is 0. The zero-order valence-electron chi connectivity index (χ0n) is 20.7. The van der Waals surface area contributed by atoms with Gasteiger partial charge in [0.1, 0.15) is 0 Å². The molecule has 1 fully saturated rings. The van der Waals surface area contributed by atoms with Crippen LogP contribution in [0.2, 0.25) is 0 Å². The van der Waals surface area contributed by atoms with Crippen molar-refractivity contribution in [2.75, 3.05) is 43.4 Å². The number of carbonyl (C=O) groups is 2. The molecule has 186 valence electrons. The number of rotatable bonds is 6. The Morgan fingerprint density at radius 2 is 1.69 bits per heavy atom. The molecular formula is C27H30N6O2S. The molecule has 1 saturated heterocycles. The van der Waals surface area contributed by atoms with E-state index in [0.717, 1.165) is 42.9 Å². The summed E-state index contributed by atoms with van der Waals surface area (Å²) in [4.78, 5) is 30.6. The summed E-state index contributed by atoms with van der Waals surface area (Å²) in [7, 11) is 2.13. The number of hydrogen-bond donors (Lipinski definition) is 3. The number of likely N-dealkylation sites (N-methyl/N-ethyl adjacent to an activating group) is 1. The van der Waals surface area contributed by atoms with E-state index < -0.39 is 5.54 Å². The number of anilines is 2. The van der Waals surface area contributed by atoms with Gasteiger partial charge in [0.25, 0.3) is 11.8 Å². The predicted octanol–water partition coefficient (Wildman–Crippen LogP) is 4.29. The quantitative estimate of drug-likeness (QED) is 0.366. The summed E-state index contributed by atoms with van der Waals surface area (Å²) in [5.41, 5.74) is 3.46. The number of nitrogens with one attached hydrogen (secondary N) is 3. The third kappa shape index (κ3) is 4.98. The molecule has 5 rings (SSSR count). The zero-order chi connectivity index (χ0) is 25.3. The van der Waals surface area contributed by atoms with Crippen molar-refractivity contribution in [3.05, 3.63) is 76.0 Å². The Kier molecular flexibility index (Phi) is 6.51. The Morgan fingerprint density at radius 1 is 0.972 bits per heavy atom. The van der Waals surface area contributed by atoms with Gasteiger partial charge >= 0.3 is 0 Å². The Labute approximate surface area is 214 Å². The lowest BCUT2D eigenvalue weighted by Gasteiger charge is -2.34. The third-order valence-electron chi connectivity index (χ3n) is 6.72. The van der Waals surface area contributed by atoms with Crippen molar-refractivity contribution in [3.63, 3.8) is 0 Å². The van der Waals surface area contributed by atoms with Gasteiger partial charge in [-0.15, -0.1) is 0 Å². The first-order chi connectivity index (χ1) is 17.3. The lowest BCUT2D eigenvalue weighted by atomic mass is 9.96. The largest absolute Gasteiger partial charge is 0.369 e. The summed E-state index contributed by atoms with van der Waals surface area (Å²) in [5.74, 6) is -0.0438. The number of H-pyrrole nitrogens is 1. The highest BCUT2D eigenvalue weighted by atomic mass is 32.1. The Morgan fingerprint density at radius 3 is 2.39 bits per heavy atom. The molecule has 9 heteroatoms. The second-order valence-corrected chi connectivity index (χ2v) is 10.5. The van der Waals surface area contributed by atoms with E-state index in [9.17, 15) is 9.59 Å². The first kappa shape index (κ1) is 24.0. The summed E-state index contributed by atoms with van der Waals surface area (Å²) in [6, 6.07) is 15.0. The molecule has 0 atom stereocenters. The number of hydrogen-bond acceptors (Lipinski definition) is 6. The van der Waals surface area contributed by atoms with Crippen molar-refractivity contribution in [1.82, 2.24) is 20.4 Å². The topological polar surface area (TPSA) is 93.4 Å². The molecule has 8 nitrogen and oxygen atoms in total. The highest BCUT2D eigenvalue weighted by molar-refractivity contribution is 7.08. The minimum Gasteiger partial charge on any atom is -0.369 e.